The molecule has 28 nitrogen and oxygen atoms in total. The maximum atomic E-state index is 14.2. The van der Waals surface area contributed by atoms with Crippen molar-refractivity contribution in [2.45, 2.75) is 132 Å². The molecule has 0 saturated carbocycles. The predicted octanol–water partition coefficient (Wildman–Crippen LogP) is -6.43. The van der Waals surface area contributed by atoms with Crippen LogP contribution in [0.1, 0.15) is 83.1 Å². The zero-order chi connectivity index (χ0) is 54.5. The van der Waals surface area contributed by atoms with Crippen LogP contribution in [0.5, 0.6) is 0 Å². The van der Waals surface area contributed by atoms with Crippen LogP contribution >= 0.6 is 0 Å². The van der Waals surface area contributed by atoms with E-state index in [9.17, 15) is 53.4 Å². The molecule has 1 aromatic heterocycles. The van der Waals surface area contributed by atoms with Gasteiger partial charge in [0.1, 0.15) is 41.9 Å². The number of aliphatic imine (C=N–C) groups is 1. The molecule has 1 fully saturated rings. The highest BCUT2D eigenvalue weighted by Crippen LogP contribution is 2.20. The molecule has 408 valence electrons. The van der Waals surface area contributed by atoms with Crippen molar-refractivity contribution >= 4 is 59.2 Å². The lowest BCUT2D eigenvalue weighted by Gasteiger charge is -2.30. The van der Waals surface area contributed by atoms with Gasteiger partial charge in [-0.3, -0.25) is 48.3 Å². The number of hydrogen-bond donors (Lipinski definition) is 16. The molecule has 1 aliphatic rings. The normalized spacial score (nSPS) is 16.2. The lowest BCUT2D eigenvalue weighted by molar-refractivity contribution is -0.142. The van der Waals surface area contributed by atoms with Crippen molar-refractivity contribution in [1.29, 1.82) is 0 Å². The Morgan fingerprint density at radius 3 is 2.10 bits per heavy atom. The van der Waals surface area contributed by atoms with Crippen LogP contribution in [0.25, 0.3) is 0 Å². The van der Waals surface area contributed by atoms with Crippen LogP contribution in [0.2, 0.25) is 0 Å². The number of pyridine rings is 1. The summed E-state index contributed by atoms with van der Waals surface area (Å²) in [6.45, 7) is 1.19. The molecule has 0 bridgehead atoms. The number of aromatic nitrogens is 1. The number of rotatable bonds is 34. The second-order valence-corrected chi connectivity index (χ2v) is 17.3. The van der Waals surface area contributed by atoms with E-state index in [0.29, 0.717) is 44.2 Å². The van der Waals surface area contributed by atoms with Crippen LogP contribution in [0.4, 0.5) is 0 Å². The topological polar surface area (TPSA) is 489 Å². The summed E-state index contributed by atoms with van der Waals surface area (Å²) in [6.07, 6.45) is 5.86. The Kier molecular flexibility index (Phi) is 28.8. The Morgan fingerprint density at radius 1 is 0.808 bits per heavy atom. The van der Waals surface area contributed by atoms with Gasteiger partial charge in [-0.05, 0) is 102 Å². The van der Waals surface area contributed by atoms with Gasteiger partial charge in [-0.25, -0.2) is 4.79 Å². The molecule has 23 N–H and O–H groups in total. The molecular formula is C45H77N17O11. The van der Waals surface area contributed by atoms with Crippen molar-refractivity contribution in [2.75, 3.05) is 45.8 Å². The Morgan fingerprint density at radius 2 is 1.48 bits per heavy atom. The summed E-state index contributed by atoms with van der Waals surface area (Å²) in [6, 6.07) is -5.49. The first-order valence-electron chi connectivity index (χ1n) is 24.3. The van der Waals surface area contributed by atoms with Gasteiger partial charge < -0.3 is 92.5 Å². The maximum absolute atomic E-state index is 14.2. The van der Waals surface area contributed by atoms with Crippen molar-refractivity contribution in [1.82, 2.24) is 47.1 Å². The van der Waals surface area contributed by atoms with Gasteiger partial charge in [0.05, 0.1) is 18.7 Å². The summed E-state index contributed by atoms with van der Waals surface area (Å²) in [7, 11) is 0. The van der Waals surface area contributed by atoms with Gasteiger partial charge in [0.2, 0.25) is 47.3 Å². The van der Waals surface area contributed by atoms with E-state index in [0.717, 1.165) is 0 Å². The number of guanidine groups is 1. The fourth-order valence-corrected chi connectivity index (χ4v) is 7.47. The first-order valence-corrected chi connectivity index (χ1v) is 24.3. The van der Waals surface area contributed by atoms with Crippen molar-refractivity contribution in [2.24, 2.45) is 45.1 Å². The molecule has 28 heteroatoms. The molecule has 0 aliphatic carbocycles. The van der Waals surface area contributed by atoms with E-state index in [1.165, 1.54) is 30.3 Å². The number of carboxylic acid groups (broad SMARTS) is 1. The standard InChI is InChI=1S/C45H77N17O11/c1-26(56-42(70)36(34(63)23-49)61-38(66)28(50)11-2-4-16-46)37(65)55-25-35(64)57-30(13-6-18-48)43(71)62-21-9-15-33(62)41(69)60-32(22-27-10-7-19-53-24-27)40(68)58-29(12-3-5-17-47)39(67)59-31(44(72)73)14-8-20-54-45(51)52/h7,10,14,19,24,26,28-30,32-34,36,63H,2-6,8-9,11-13,15-18,20-23,25,46-50H2,1H3,(H,55,65)(H,56,70)(H,57,64)(H,58,68)(H,59,67)(H,60,69)(H,61,66)(H,72,73)(H4,51,52,54)/b31-14-/t26-,28?,29-,30+,32?,33-,34-,36-/m0/s1. The van der Waals surface area contributed by atoms with E-state index < -0.39 is 120 Å². The zero-order valence-corrected chi connectivity index (χ0v) is 41.4. The Hall–Kier alpha value is -6.85. The molecule has 1 saturated heterocycles. The number of likely N-dealkylation sites (tertiary alicyclic amines) is 1. The average Bonchev–Trinajstić information content (AvgIpc) is 3.86. The van der Waals surface area contributed by atoms with Gasteiger partial charge in [-0.2, -0.15) is 0 Å². The fraction of sp³-hybridized carbons (Fsp3) is 0.622. The summed E-state index contributed by atoms with van der Waals surface area (Å²) < 4.78 is 0. The van der Waals surface area contributed by atoms with Crippen LogP contribution in [-0.2, 0) is 49.6 Å². The minimum absolute atomic E-state index is 0.0432. The number of aliphatic hydroxyl groups is 1. The molecule has 2 rings (SSSR count). The first kappa shape index (κ1) is 62.3. The Bertz CT molecular complexity index is 2040. The van der Waals surface area contributed by atoms with Gasteiger partial charge in [0, 0.05) is 38.4 Å². The molecule has 2 unspecified atom stereocenters. The highest BCUT2D eigenvalue weighted by atomic mass is 16.4. The van der Waals surface area contributed by atoms with Crippen molar-refractivity contribution in [3.8, 4) is 0 Å². The smallest absolute Gasteiger partial charge is 0.352 e. The molecule has 1 aliphatic heterocycles. The first-order chi connectivity index (χ1) is 34.8. The van der Waals surface area contributed by atoms with Gasteiger partial charge >= 0.3 is 5.97 Å². The van der Waals surface area contributed by atoms with Crippen LogP contribution < -0.4 is 77.4 Å². The molecule has 2 heterocycles. The van der Waals surface area contributed by atoms with Gasteiger partial charge in [-0.1, -0.05) is 18.6 Å². The van der Waals surface area contributed by atoms with Crippen LogP contribution in [0.3, 0.4) is 0 Å². The molecular weight excluding hydrogens is 955 g/mol. The third kappa shape index (κ3) is 22.6. The van der Waals surface area contributed by atoms with Crippen molar-refractivity contribution < 1.29 is 53.4 Å². The molecule has 8 atom stereocenters. The summed E-state index contributed by atoms with van der Waals surface area (Å²) >= 11 is 0. The SMILES string of the molecule is C[C@H](NC(=O)[C@@H](NC(=O)C(N)CCCCN)[C@@H](O)CN)C(=O)NCC(=O)N[C@H](CCCN)C(=O)N1CCC[C@H]1C(=O)NC(Cc1cccnc1)C(=O)N[C@@H](CCCCN)C(=O)N/C(=C\CCN=C(N)N)C(=O)O. The van der Waals surface area contributed by atoms with E-state index in [1.807, 2.05) is 0 Å². The highest BCUT2D eigenvalue weighted by molar-refractivity contribution is 5.99. The van der Waals surface area contributed by atoms with Crippen molar-refractivity contribution in [3.63, 3.8) is 0 Å². The number of aliphatic carboxylic acids is 1. The van der Waals surface area contributed by atoms with Gasteiger partial charge in [0.25, 0.3) is 0 Å². The third-order valence-corrected chi connectivity index (χ3v) is 11.5. The number of aliphatic hydroxyl groups excluding tert-OH is 1. The van der Waals surface area contributed by atoms with E-state index in [-0.39, 0.29) is 77.1 Å². The number of carboxylic acids is 1. The third-order valence-electron chi connectivity index (χ3n) is 11.5. The fourth-order valence-electron chi connectivity index (χ4n) is 7.47. The minimum atomic E-state index is -1.56. The number of amides is 8. The molecule has 8 amide bonds. The summed E-state index contributed by atoms with van der Waals surface area (Å²) in [4.78, 5) is 129. The zero-order valence-electron chi connectivity index (χ0n) is 41.4. The maximum Gasteiger partial charge on any atom is 0.352 e. The predicted molar refractivity (Wildman–Crippen MR) is 267 cm³/mol. The van der Waals surface area contributed by atoms with E-state index in [4.69, 9.17) is 40.1 Å². The number of nitrogens with zero attached hydrogens (tertiary/aromatic N) is 3. The second kappa shape index (κ2) is 33.7. The number of carbonyl (C=O) groups is 9. The number of hydrogen-bond acceptors (Lipinski definition) is 17. The Balaban J connectivity index is 2.23. The van der Waals surface area contributed by atoms with Crippen LogP contribution in [-0.4, -0.2) is 173 Å². The lowest BCUT2D eigenvalue weighted by atomic mass is 10.0. The van der Waals surface area contributed by atoms with E-state index in [1.54, 1.807) is 12.1 Å². The molecule has 1 aromatic rings. The number of carbonyl (C=O) groups excluding carboxylic acids is 8. The van der Waals surface area contributed by atoms with Crippen LogP contribution in [0.15, 0.2) is 41.3 Å². The Labute approximate surface area is 423 Å². The summed E-state index contributed by atoms with van der Waals surface area (Å²) in [5.74, 6) is -7.96. The summed E-state index contributed by atoms with van der Waals surface area (Å²) in [5, 5.41) is 37.6. The second-order valence-electron chi connectivity index (χ2n) is 17.3. The number of unbranched alkanes of at least 4 members (excludes halogenated alkanes) is 2. The number of nitrogens with two attached hydrogens (primary N) is 7. The molecule has 0 aromatic carbocycles. The molecule has 0 radical (unpaired) electrons. The minimum Gasteiger partial charge on any atom is -0.477 e. The molecule has 0 spiro atoms. The summed E-state index contributed by atoms with van der Waals surface area (Å²) in [5.41, 5.74) is 39.1. The van der Waals surface area contributed by atoms with Crippen LogP contribution in [0, 0.1) is 0 Å². The van der Waals surface area contributed by atoms with Crippen molar-refractivity contribution in [3.05, 3.63) is 41.9 Å². The largest absolute Gasteiger partial charge is 0.477 e. The monoisotopic (exact) mass is 1030 g/mol. The average molecular weight is 1030 g/mol. The van der Waals surface area contributed by atoms with Gasteiger partial charge in [0.15, 0.2) is 5.96 Å². The number of nitrogens with one attached hydrogen (secondary N) is 7. The molecule has 73 heavy (non-hydrogen) atoms. The highest BCUT2D eigenvalue weighted by Gasteiger charge is 2.39. The van der Waals surface area contributed by atoms with E-state index in [2.05, 4.69) is 47.2 Å². The van der Waals surface area contributed by atoms with Gasteiger partial charge in [-0.15, -0.1) is 0 Å². The lowest BCUT2D eigenvalue weighted by Crippen LogP contribution is -2.60. The van der Waals surface area contributed by atoms with E-state index >= 15 is 0 Å². The quantitative estimate of drug-likeness (QED) is 0.0132.